The summed E-state index contributed by atoms with van der Waals surface area (Å²) in [7, 11) is 0. The van der Waals surface area contributed by atoms with Crippen molar-refractivity contribution in [2.24, 2.45) is 0 Å². The summed E-state index contributed by atoms with van der Waals surface area (Å²) < 4.78 is 1.23. The van der Waals surface area contributed by atoms with E-state index in [1.54, 1.807) is 31.3 Å². The van der Waals surface area contributed by atoms with Crippen molar-refractivity contribution in [3.05, 3.63) is 72.4 Å². The molecule has 0 radical (unpaired) electrons. The number of anilines is 1. The Labute approximate surface area is 185 Å². The fourth-order valence-corrected chi connectivity index (χ4v) is 5.15. The minimum atomic E-state index is -0.539. The van der Waals surface area contributed by atoms with Crippen LogP contribution >= 0.6 is 22.7 Å². The maximum absolute atomic E-state index is 13.1. The number of nitrogens with one attached hydrogen (secondary N) is 1. The van der Waals surface area contributed by atoms with Gasteiger partial charge in [-0.1, -0.05) is 6.07 Å². The van der Waals surface area contributed by atoms with E-state index in [0.717, 1.165) is 20.9 Å². The van der Waals surface area contributed by atoms with Crippen molar-refractivity contribution < 1.29 is 9.72 Å². The van der Waals surface area contributed by atoms with Crippen LogP contribution < -0.4 is 10.9 Å². The molecule has 31 heavy (non-hydrogen) atoms. The number of rotatable bonds is 5. The van der Waals surface area contributed by atoms with E-state index in [4.69, 9.17) is 0 Å². The fourth-order valence-electron chi connectivity index (χ4n) is 3.29. The van der Waals surface area contributed by atoms with Crippen molar-refractivity contribution >= 4 is 50.2 Å². The molecule has 10 heteroatoms. The minimum Gasteiger partial charge on any atom is -0.319 e. The molecule has 0 bridgehead atoms. The van der Waals surface area contributed by atoms with Crippen LogP contribution in [0.4, 0.5) is 11.4 Å². The van der Waals surface area contributed by atoms with E-state index in [1.165, 1.54) is 28.3 Å². The molecule has 3 heterocycles. The highest BCUT2D eigenvalue weighted by Crippen LogP contribution is 2.35. The van der Waals surface area contributed by atoms with E-state index in [-0.39, 0.29) is 23.5 Å². The van der Waals surface area contributed by atoms with E-state index >= 15 is 0 Å². The van der Waals surface area contributed by atoms with Crippen molar-refractivity contribution in [3.63, 3.8) is 0 Å². The van der Waals surface area contributed by atoms with Gasteiger partial charge in [-0.15, -0.1) is 22.7 Å². The Morgan fingerprint density at radius 2 is 2.00 bits per heavy atom. The summed E-state index contributed by atoms with van der Waals surface area (Å²) in [5.41, 5.74) is 1.85. The molecule has 8 nitrogen and oxygen atoms in total. The number of nitro benzene ring substituents is 1. The van der Waals surface area contributed by atoms with Crippen LogP contribution in [0.15, 0.2) is 40.8 Å². The van der Waals surface area contributed by atoms with Crippen LogP contribution in [0.5, 0.6) is 0 Å². The molecular formula is C21H18N4O4S2. The molecule has 1 N–H and O–H groups in total. The summed E-state index contributed by atoms with van der Waals surface area (Å²) in [6.45, 7) is 5.21. The zero-order chi connectivity index (χ0) is 22.3. The third-order valence-corrected chi connectivity index (χ3v) is 6.98. The fraction of sp³-hybridized carbons (Fsp3) is 0.190. The summed E-state index contributed by atoms with van der Waals surface area (Å²) in [5.74, 6) is -0.538. The smallest absolute Gasteiger partial charge is 0.293 e. The Balaban J connectivity index is 1.68. The lowest BCUT2D eigenvalue weighted by Gasteiger charge is -2.12. The van der Waals surface area contributed by atoms with Crippen LogP contribution in [-0.4, -0.2) is 20.4 Å². The van der Waals surface area contributed by atoms with Gasteiger partial charge in [-0.05, 0) is 44.0 Å². The molecule has 0 aliphatic rings. The summed E-state index contributed by atoms with van der Waals surface area (Å²) in [6, 6.07) is 6.95. The highest BCUT2D eigenvalue weighted by molar-refractivity contribution is 7.19. The van der Waals surface area contributed by atoms with Crippen LogP contribution in [0.3, 0.4) is 0 Å². The summed E-state index contributed by atoms with van der Waals surface area (Å²) >= 11 is 2.96. The van der Waals surface area contributed by atoms with Gasteiger partial charge in [-0.3, -0.25) is 24.3 Å². The van der Waals surface area contributed by atoms with E-state index < -0.39 is 10.8 Å². The Bertz CT molecular complexity index is 1400. The molecule has 0 unspecified atom stereocenters. The third-order valence-electron chi connectivity index (χ3n) is 5.06. The van der Waals surface area contributed by atoms with Crippen molar-refractivity contribution in [2.45, 2.75) is 27.3 Å². The lowest BCUT2D eigenvalue weighted by molar-refractivity contribution is -0.384. The maximum atomic E-state index is 13.1. The van der Waals surface area contributed by atoms with Crippen LogP contribution in [0.1, 0.15) is 16.0 Å². The SMILES string of the molecule is Cc1ccc(-c2csc3ncn(CC(=O)Nc4c([N+](=O)[O-])ccc(C)c4C)c(=O)c23)s1. The molecule has 1 amide bonds. The monoisotopic (exact) mass is 454 g/mol. The molecule has 0 spiro atoms. The number of nitrogens with zero attached hydrogens (tertiary/aromatic N) is 3. The zero-order valence-electron chi connectivity index (χ0n) is 17.0. The molecule has 0 saturated heterocycles. The van der Waals surface area contributed by atoms with Gasteiger partial charge in [0.25, 0.3) is 11.2 Å². The molecule has 4 rings (SSSR count). The lowest BCUT2D eigenvalue weighted by Crippen LogP contribution is -2.28. The molecule has 158 valence electrons. The number of amides is 1. The Kier molecular flexibility index (Phi) is 5.42. The minimum absolute atomic E-state index is 0.141. The highest BCUT2D eigenvalue weighted by Gasteiger charge is 2.21. The van der Waals surface area contributed by atoms with E-state index in [0.29, 0.717) is 15.8 Å². The van der Waals surface area contributed by atoms with E-state index in [1.807, 2.05) is 24.4 Å². The van der Waals surface area contributed by atoms with Gasteiger partial charge in [0.15, 0.2) is 0 Å². The molecule has 4 aromatic rings. The van der Waals surface area contributed by atoms with Gasteiger partial charge in [0.05, 0.1) is 16.6 Å². The second kappa shape index (κ2) is 8.05. The topological polar surface area (TPSA) is 107 Å². The summed E-state index contributed by atoms with van der Waals surface area (Å²) in [4.78, 5) is 43.7. The van der Waals surface area contributed by atoms with Crippen molar-refractivity contribution in [2.75, 3.05) is 5.32 Å². The summed E-state index contributed by atoms with van der Waals surface area (Å²) in [5, 5.41) is 16.3. The highest BCUT2D eigenvalue weighted by atomic mass is 32.1. The first-order chi connectivity index (χ1) is 14.8. The van der Waals surface area contributed by atoms with Crippen molar-refractivity contribution in [1.29, 1.82) is 0 Å². The van der Waals surface area contributed by atoms with Gasteiger partial charge in [0.2, 0.25) is 5.91 Å². The van der Waals surface area contributed by atoms with Crippen LogP contribution in [-0.2, 0) is 11.3 Å². The number of carbonyl (C=O) groups is 1. The molecule has 0 aliphatic heterocycles. The van der Waals surface area contributed by atoms with Gasteiger partial charge >= 0.3 is 0 Å². The van der Waals surface area contributed by atoms with Crippen LogP contribution in [0, 0.1) is 30.9 Å². The second-order valence-corrected chi connectivity index (χ2v) is 9.27. The van der Waals surface area contributed by atoms with Crippen molar-refractivity contribution in [1.82, 2.24) is 9.55 Å². The van der Waals surface area contributed by atoms with Crippen LogP contribution in [0.25, 0.3) is 20.7 Å². The first-order valence-corrected chi connectivity index (χ1v) is 11.0. The average molecular weight is 455 g/mol. The second-order valence-electron chi connectivity index (χ2n) is 7.12. The number of aromatic nitrogens is 2. The number of aryl methyl sites for hydroxylation is 2. The van der Waals surface area contributed by atoms with Crippen molar-refractivity contribution in [3.8, 4) is 10.4 Å². The Morgan fingerprint density at radius 1 is 1.23 bits per heavy atom. The molecule has 1 aromatic carbocycles. The lowest BCUT2D eigenvalue weighted by atomic mass is 10.1. The number of nitro groups is 1. The standard InChI is InChI=1S/C21H18N4O4S2/c1-11-4-6-15(25(28)29)19(13(11)3)23-17(26)8-24-10-22-20-18(21(24)27)14(9-30-20)16-7-5-12(2)31-16/h4-7,9-10H,8H2,1-3H3,(H,23,26). The quantitative estimate of drug-likeness (QED) is 0.349. The maximum Gasteiger partial charge on any atom is 0.293 e. The average Bonchev–Trinajstić information content (AvgIpc) is 3.34. The normalized spacial score (nSPS) is 11.1. The largest absolute Gasteiger partial charge is 0.319 e. The number of hydrogen-bond acceptors (Lipinski definition) is 7. The Morgan fingerprint density at radius 3 is 2.68 bits per heavy atom. The Hall–Kier alpha value is -3.37. The number of benzene rings is 1. The molecule has 0 saturated carbocycles. The molecule has 3 aromatic heterocycles. The van der Waals surface area contributed by atoms with Gasteiger partial charge in [0.1, 0.15) is 17.1 Å². The number of thiophene rings is 2. The number of hydrogen-bond donors (Lipinski definition) is 1. The van der Waals surface area contributed by atoms with Gasteiger partial charge in [-0.25, -0.2) is 4.98 Å². The van der Waals surface area contributed by atoms with E-state index in [9.17, 15) is 19.7 Å². The molecule has 0 atom stereocenters. The van der Waals surface area contributed by atoms with Gasteiger partial charge in [0, 0.05) is 26.8 Å². The molecule has 0 fully saturated rings. The number of fused-ring (bicyclic) bond motifs is 1. The van der Waals surface area contributed by atoms with E-state index in [2.05, 4.69) is 10.3 Å². The zero-order valence-corrected chi connectivity index (χ0v) is 18.6. The number of carbonyl (C=O) groups excluding carboxylic acids is 1. The molecular weight excluding hydrogens is 436 g/mol. The van der Waals surface area contributed by atoms with Gasteiger partial charge < -0.3 is 5.32 Å². The first-order valence-electron chi connectivity index (χ1n) is 9.34. The molecule has 0 aliphatic carbocycles. The predicted octanol–water partition coefficient (Wildman–Crippen LogP) is 4.66. The van der Waals surface area contributed by atoms with Gasteiger partial charge in [-0.2, -0.15) is 0 Å². The third kappa shape index (κ3) is 3.87. The van der Waals surface area contributed by atoms with Crippen LogP contribution in [0.2, 0.25) is 0 Å². The predicted molar refractivity (Wildman–Crippen MR) is 123 cm³/mol. The first kappa shape index (κ1) is 20.9. The summed E-state index contributed by atoms with van der Waals surface area (Å²) in [6.07, 6.45) is 1.34.